The van der Waals surface area contributed by atoms with Crippen molar-refractivity contribution in [1.82, 2.24) is 9.97 Å². The van der Waals surface area contributed by atoms with Crippen LogP contribution in [0.1, 0.15) is 18.1 Å². The number of hydrogen-bond acceptors (Lipinski definition) is 4. The van der Waals surface area contributed by atoms with Crippen molar-refractivity contribution < 1.29 is 0 Å². The first-order valence-corrected chi connectivity index (χ1v) is 6.83. The number of rotatable bonds is 4. The average molecular weight is 259 g/mol. The number of nitrogens with one attached hydrogen (secondary N) is 1. The predicted octanol–water partition coefficient (Wildman–Crippen LogP) is 3.68. The van der Waals surface area contributed by atoms with Gasteiger partial charge in [-0.1, -0.05) is 30.0 Å². The van der Waals surface area contributed by atoms with Gasteiger partial charge in [-0.25, -0.2) is 9.97 Å². The minimum absolute atomic E-state index is 0.867. The van der Waals surface area contributed by atoms with E-state index in [-0.39, 0.29) is 0 Å². The Hall–Kier alpha value is -1.55. The van der Waals surface area contributed by atoms with Crippen molar-refractivity contribution in [1.29, 1.82) is 0 Å². The van der Waals surface area contributed by atoms with Crippen LogP contribution in [0.4, 0.5) is 5.82 Å². The number of benzene rings is 1. The van der Waals surface area contributed by atoms with Crippen molar-refractivity contribution >= 4 is 17.6 Å². The number of nitrogens with zero attached hydrogens (tertiary/aromatic N) is 2. The Labute approximate surface area is 112 Å². The second kappa shape index (κ2) is 5.87. The molecule has 1 aromatic heterocycles. The number of hydrogen-bond donors (Lipinski definition) is 1. The first kappa shape index (κ1) is 12.9. The van der Waals surface area contributed by atoms with Crippen LogP contribution < -0.4 is 5.32 Å². The van der Waals surface area contributed by atoms with Gasteiger partial charge in [0.2, 0.25) is 0 Å². The fourth-order valence-electron chi connectivity index (χ4n) is 1.66. The van der Waals surface area contributed by atoms with Crippen molar-refractivity contribution in [2.24, 2.45) is 0 Å². The summed E-state index contributed by atoms with van der Waals surface area (Å²) in [5.74, 6) is 0.920. The molecule has 1 heterocycles. The SMILES string of the molecule is CCNc1ncnc(Sc2ccccc2C)c1C. The predicted molar refractivity (Wildman–Crippen MR) is 76.2 cm³/mol. The van der Waals surface area contributed by atoms with E-state index in [4.69, 9.17) is 0 Å². The van der Waals surface area contributed by atoms with E-state index in [9.17, 15) is 0 Å². The molecule has 0 fully saturated rings. The summed E-state index contributed by atoms with van der Waals surface area (Å²) in [6.07, 6.45) is 1.62. The van der Waals surface area contributed by atoms with E-state index in [1.807, 2.05) is 0 Å². The highest BCUT2D eigenvalue weighted by Gasteiger charge is 2.08. The third kappa shape index (κ3) is 2.82. The lowest BCUT2D eigenvalue weighted by Crippen LogP contribution is -2.03. The van der Waals surface area contributed by atoms with Crippen molar-refractivity contribution in [3.8, 4) is 0 Å². The average Bonchev–Trinajstić information content (AvgIpc) is 2.37. The summed E-state index contributed by atoms with van der Waals surface area (Å²) in [6.45, 7) is 7.10. The molecule has 0 aliphatic heterocycles. The molecule has 0 radical (unpaired) electrons. The summed E-state index contributed by atoms with van der Waals surface area (Å²) in [7, 11) is 0. The maximum Gasteiger partial charge on any atom is 0.133 e. The summed E-state index contributed by atoms with van der Waals surface area (Å²) in [5, 5.41) is 4.26. The zero-order chi connectivity index (χ0) is 13.0. The molecule has 0 aliphatic rings. The molecule has 0 aliphatic carbocycles. The fourth-order valence-corrected chi connectivity index (χ4v) is 2.59. The molecule has 1 N–H and O–H groups in total. The van der Waals surface area contributed by atoms with Crippen molar-refractivity contribution in [2.45, 2.75) is 30.7 Å². The van der Waals surface area contributed by atoms with Crippen LogP contribution in [-0.2, 0) is 0 Å². The Kier molecular flexibility index (Phi) is 4.20. The van der Waals surface area contributed by atoms with Gasteiger partial charge in [0.15, 0.2) is 0 Å². The van der Waals surface area contributed by atoms with Gasteiger partial charge >= 0.3 is 0 Å². The highest BCUT2D eigenvalue weighted by Crippen LogP contribution is 2.32. The Morgan fingerprint density at radius 2 is 1.94 bits per heavy atom. The number of anilines is 1. The second-order valence-corrected chi connectivity index (χ2v) is 5.08. The first-order valence-electron chi connectivity index (χ1n) is 6.01. The van der Waals surface area contributed by atoms with Gasteiger partial charge in [-0.2, -0.15) is 0 Å². The van der Waals surface area contributed by atoms with E-state index >= 15 is 0 Å². The molecule has 0 saturated carbocycles. The molecule has 0 bridgehead atoms. The molecule has 0 unspecified atom stereocenters. The molecule has 0 saturated heterocycles. The van der Waals surface area contributed by atoms with Crippen LogP contribution in [0.25, 0.3) is 0 Å². The van der Waals surface area contributed by atoms with Gasteiger partial charge in [0.25, 0.3) is 0 Å². The number of aryl methyl sites for hydroxylation is 1. The first-order chi connectivity index (χ1) is 8.72. The molecule has 1 aromatic carbocycles. The lowest BCUT2D eigenvalue weighted by molar-refractivity contribution is 0.990. The lowest BCUT2D eigenvalue weighted by atomic mass is 10.2. The van der Waals surface area contributed by atoms with Gasteiger partial charge in [0.05, 0.1) is 0 Å². The number of aromatic nitrogens is 2. The molecule has 4 heteroatoms. The fraction of sp³-hybridized carbons (Fsp3) is 0.286. The van der Waals surface area contributed by atoms with Gasteiger partial charge in [0.1, 0.15) is 17.2 Å². The molecule has 0 spiro atoms. The van der Waals surface area contributed by atoms with E-state index in [1.54, 1.807) is 18.1 Å². The van der Waals surface area contributed by atoms with Gasteiger partial charge < -0.3 is 5.32 Å². The molecule has 0 amide bonds. The second-order valence-electron chi connectivity index (χ2n) is 4.05. The molecular weight excluding hydrogens is 242 g/mol. The summed E-state index contributed by atoms with van der Waals surface area (Å²) in [4.78, 5) is 9.86. The molecule has 3 nitrogen and oxygen atoms in total. The van der Waals surface area contributed by atoms with Gasteiger partial charge in [0, 0.05) is 17.0 Å². The molecule has 94 valence electrons. The normalized spacial score (nSPS) is 10.4. The molecule has 18 heavy (non-hydrogen) atoms. The maximum atomic E-state index is 4.37. The van der Waals surface area contributed by atoms with Crippen LogP contribution in [0.15, 0.2) is 40.5 Å². The van der Waals surface area contributed by atoms with Crippen LogP contribution in [0, 0.1) is 13.8 Å². The largest absolute Gasteiger partial charge is 0.370 e. The van der Waals surface area contributed by atoms with Crippen LogP contribution in [0.5, 0.6) is 0 Å². The Morgan fingerprint density at radius 3 is 2.67 bits per heavy atom. The maximum absolute atomic E-state index is 4.37. The third-order valence-corrected chi connectivity index (χ3v) is 3.97. The summed E-state index contributed by atoms with van der Waals surface area (Å²) >= 11 is 1.69. The summed E-state index contributed by atoms with van der Waals surface area (Å²) < 4.78 is 0. The summed E-state index contributed by atoms with van der Waals surface area (Å²) in [5.41, 5.74) is 2.37. The van der Waals surface area contributed by atoms with Gasteiger partial charge in [-0.05, 0) is 32.4 Å². The zero-order valence-electron chi connectivity index (χ0n) is 10.9. The quantitative estimate of drug-likeness (QED) is 0.850. The van der Waals surface area contributed by atoms with E-state index in [0.717, 1.165) is 23.0 Å². The van der Waals surface area contributed by atoms with Gasteiger partial charge in [-0.3, -0.25) is 0 Å². The minimum atomic E-state index is 0.867. The van der Waals surface area contributed by atoms with E-state index in [2.05, 4.69) is 60.3 Å². The lowest BCUT2D eigenvalue weighted by Gasteiger charge is -2.10. The van der Waals surface area contributed by atoms with E-state index < -0.39 is 0 Å². The van der Waals surface area contributed by atoms with Crippen LogP contribution >= 0.6 is 11.8 Å². The van der Waals surface area contributed by atoms with Crippen molar-refractivity contribution in [3.05, 3.63) is 41.7 Å². The highest BCUT2D eigenvalue weighted by atomic mass is 32.2. The highest BCUT2D eigenvalue weighted by molar-refractivity contribution is 7.99. The standard InChI is InChI=1S/C14H17N3S/c1-4-15-13-11(3)14(17-9-16-13)18-12-8-6-5-7-10(12)2/h5-9H,4H2,1-3H3,(H,15,16,17). The minimum Gasteiger partial charge on any atom is -0.370 e. The zero-order valence-corrected chi connectivity index (χ0v) is 11.7. The molecule has 2 aromatic rings. The van der Waals surface area contributed by atoms with Crippen molar-refractivity contribution in [3.63, 3.8) is 0 Å². The molecule has 0 atom stereocenters. The van der Waals surface area contributed by atoms with Gasteiger partial charge in [-0.15, -0.1) is 0 Å². The molecule has 2 rings (SSSR count). The Bertz CT molecular complexity index is 540. The summed E-state index contributed by atoms with van der Waals surface area (Å²) in [6, 6.07) is 8.34. The van der Waals surface area contributed by atoms with E-state index in [0.29, 0.717) is 0 Å². The Balaban J connectivity index is 2.30. The van der Waals surface area contributed by atoms with E-state index in [1.165, 1.54) is 10.5 Å². The molecular formula is C14H17N3S. The third-order valence-electron chi connectivity index (χ3n) is 2.68. The topological polar surface area (TPSA) is 37.8 Å². The Morgan fingerprint density at radius 1 is 1.17 bits per heavy atom. The monoisotopic (exact) mass is 259 g/mol. The van der Waals surface area contributed by atoms with Crippen LogP contribution in [-0.4, -0.2) is 16.5 Å². The van der Waals surface area contributed by atoms with Crippen molar-refractivity contribution in [2.75, 3.05) is 11.9 Å². The van der Waals surface area contributed by atoms with Crippen LogP contribution in [0.2, 0.25) is 0 Å². The van der Waals surface area contributed by atoms with Crippen LogP contribution in [0.3, 0.4) is 0 Å². The smallest absolute Gasteiger partial charge is 0.133 e.